The predicted molar refractivity (Wildman–Crippen MR) is 170 cm³/mol. The van der Waals surface area contributed by atoms with E-state index in [-0.39, 0.29) is 29.3 Å². The maximum atomic E-state index is 12.3. The average molecular weight is 599 g/mol. The Morgan fingerprint density at radius 3 is 2.52 bits per heavy atom. The number of hydrogen-bond donors (Lipinski definition) is 2. The molecule has 3 fully saturated rings. The third-order valence-corrected chi connectivity index (χ3v) is 9.33. The molecule has 6 rings (SSSR count). The molecule has 0 bridgehead atoms. The van der Waals surface area contributed by atoms with E-state index >= 15 is 0 Å². The van der Waals surface area contributed by atoms with Crippen molar-refractivity contribution in [2.24, 2.45) is 7.05 Å². The summed E-state index contributed by atoms with van der Waals surface area (Å²) in [7, 11) is 3.84. The first-order valence-electron chi connectivity index (χ1n) is 15.6. The molecule has 3 saturated heterocycles. The van der Waals surface area contributed by atoms with Crippen LogP contribution < -0.4 is 21.1 Å². The molecular formula is C33H42N8O3. The normalized spacial score (nSPS) is 23.4. The van der Waals surface area contributed by atoms with Gasteiger partial charge in [-0.05, 0) is 56.0 Å². The van der Waals surface area contributed by atoms with E-state index in [0.29, 0.717) is 24.3 Å². The molecule has 3 aliphatic rings. The molecule has 2 amide bonds. The molecule has 1 unspecified atom stereocenters. The Hall–Kier alpha value is -4.09. The van der Waals surface area contributed by atoms with Gasteiger partial charge in [0.1, 0.15) is 0 Å². The van der Waals surface area contributed by atoms with Crippen molar-refractivity contribution in [3.8, 4) is 0 Å². The largest absolute Gasteiger partial charge is 0.379 e. The topological polar surface area (TPSA) is 116 Å². The fourth-order valence-corrected chi connectivity index (χ4v) is 6.80. The number of aromatic nitrogens is 3. The highest BCUT2D eigenvalue weighted by Gasteiger charge is 2.30. The Morgan fingerprint density at radius 2 is 1.77 bits per heavy atom. The maximum absolute atomic E-state index is 12.3. The predicted octanol–water partition coefficient (Wildman–Crippen LogP) is 2.23. The molecule has 0 radical (unpaired) electrons. The number of hydrogen-bond acceptors (Lipinski definition) is 9. The molecule has 44 heavy (non-hydrogen) atoms. The second kappa shape index (κ2) is 12.9. The summed E-state index contributed by atoms with van der Waals surface area (Å²) in [4.78, 5) is 47.9. The quantitative estimate of drug-likeness (QED) is 0.395. The number of likely N-dealkylation sites (N-methyl/N-ethyl adjacent to an activating group) is 1. The van der Waals surface area contributed by atoms with Gasteiger partial charge in [0.05, 0.1) is 23.5 Å². The number of imide groups is 1. The fourth-order valence-electron chi connectivity index (χ4n) is 6.80. The Kier molecular flexibility index (Phi) is 8.76. The van der Waals surface area contributed by atoms with Crippen LogP contribution in [0, 0.1) is 6.92 Å². The van der Waals surface area contributed by atoms with E-state index in [4.69, 9.17) is 0 Å². The monoisotopic (exact) mass is 598 g/mol. The maximum Gasteiger partial charge on any atom is 0.271 e. The summed E-state index contributed by atoms with van der Waals surface area (Å²) in [5.74, 6) is -0.410. The highest BCUT2D eigenvalue weighted by atomic mass is 16.2. The van der Waals surface area contributed by atoms with Gasteiger partial charge >= 0.3 is 0 Å². The van der Waals surface area contributed by atoms with Gasteiger partial charge < -0.3 is 15.1 Å². The summed E-state index contributed by atoms with van der Waals surface area (Å²) in [5, 5.41) is 10.2. The van der Waals surface area contributed by atoms with Gasteiger partial charge in [-0.1, -0.05) is 24.3 Å². The van der Waals surface area contributed by atoms with E-state index in [1.165, 1.54) is 15.8 Å². The third-order valence-electron chi connectivity index (χ3n) is 9.33. The Bertz CT molecular complexity index is 1560. The second-order valence-corrected chi connectivity index (χ2v) is 12.6. The Balaban J connectivity index is 1.02. The van der Waals surface area contributed by atoms with Crippen molar-refractivity contribution < 1.29 is 9.59 Å². The highest BCUT2D eigenvalue weighted by molar-refractivity contribution is 6.00. The second-order valence-electron chi connectivity index (χ2n) is 12.6. The van der Waals surface area contributed by atoms with Gasteiger partial charge in [-0.15, -0.1) is 0 Å². The Labute approximate surface area is 258 Å². The first kappa shape index (κ1) is 30.0. The summed E-state index contributed by atoms with van der Waals surface area (Å²) >= 11 is 0. The van der Waals surface area contributed by atoms with Gasteiger partial charge in [-0.3, -0.25) is 29.6 Å². The number of pyridine rings is 1. The summed E-state index contributed by atoms with van der Waals surface area (Å²) in [6.07, 6.45) is 5.39. The number of amides is 2. The molecule has 3 aromatic rings. The average Bonchev–Trinajstić information content (AvgIpc) is 3.02. The van der Waals surface area contributed by atoms with E-state index in [2.05, 4.69) is 66.7 Å². The summed E-state index contributed by atoms with van der Waals surface area (Å²) in [6.45, 7) is 8.42. The lowest BCUT2D eigenvalue weighted by molar-refractivity contribution is -0.134. The molecule has 1 aromatic carbocycles. The van der Waals surface area contributed by atoms with Crippen LogP contribution in [0.4, 0.5) is 11.4 Å². The molecule has 0 saturated carbocycles. The molecule has 11 nitrogen and oxygen atoms in total. The smallest absolute Gasteiger partial charge is 0.271 e. The van der Waals surface area contributed by atoms with Crippen molar-refractivity contribution in [1.82, 2.24) is 29.9 Å². The van der Waals surface area contributed by atoms with E-state index in [1.807, 2.05) is 19.1 Å². The number of piperazine rings is 1. The van der Waals surface area contributed by atoms with Gasteiger partial charge in [0, 0.05) is 82.8 Å². The molecule has 2 aromatic heterocycles. The van der Waals surface area contributed by atoms with Crippen LogP contribution in [0.15, 0.2) is 53.6 Å². The zero-order valence-corrected chi connectivity index (χ0v) is 25.8. The zero-order valence-electron chi connectivity index (χ0n) is 25.8. The third kappa shape index (κ3) is 6.68. The van der Waals surface area contributed by atoms with Crippen molar-refractivity contribution in [3.63, 3.8) is 0 Å². The molecule has 11 heteroatoms. The summed E-state index contributed by atoms with van der Waals surface area (Å²) in [5.41, 5.74) is 5.93. The fraction of sp³-hybridized carbons (Fsp3) is 0.485. The van der Waals surface area contributed by atoms with Crippen LogP contribution in [0.25, 0.3) is 0 Å². The van der Waals surface area contributed by atoms with Crippen molar-refractivity contribution in [3.05, 3.63) is 81.5 Å². The molecular weight excluding hydrogens is 556 g/mol. The van der Waals surface area contributed by atoms with E-state index < -0.39 is 0 Å². The molecule has 5 heterocycles. The van der Waals surface area contributed by atoms with E-state index in [0.717, 1.165) is 69.3 Å². The van der Waals surface area contributed by atoms with Gasteiger partial charge in [0.25, 0.3) is 5.56 Å². The molecule has 0 aliphatic carbocycles. The minimum absolute atomic E-state index is 0.0657. The van der Waals surface area contributed by atoms with Gasteiger partial charge in [0.2, 0.25) is 11.8 Å². The standard InChI is InChI=1S/C33H42N8O3/c1-22-30(18-35-39(3)33(22)44)36-26-16-25(20-38(2)21-26)24-6-4-23(5-7-24)19-40-12-14-41(15-13-40)27-10-11-34-29(17-27)28-8-9-31(42)37-32(28)43/h4-7,10-11,17-18,25-26,28,36H,8-9,12-16,19-21H2,1-3H3,(H,37,42,43)/t25-,26+,28?/m1/s1. The Morgan fingerprint density at radius 1 is 1.00 bits per heavy atom. The number of likely N-dealkylation sites (tertiary alicyclic amines) is 1. The van der Waals surface area contributed by atoms with Crippen LogP contribution >= 0.6 is 0 Å². The number of benzene rings is 1. The molecule has 2 N–H and O–H groups in total. The lowest BCUT2D eigenvalue weighted by atomic mass is 9.87. The number of nitrogens with one attached hydrogen (secondary N) is 2. The van der Waals surface area contributed by atoms with E-state index in [9.17, 15) is 14.4 Å². The van der Waals surface area contributed by atoms with Crippen molar-refractivity contribution >= 4 is 23.2 Å². The van der Waals surface area contributed by atoms with E-state index in [1.54, 1.807) is 19.4 Å². The number of piperidine rings is 2. The summed E-state index contributed by atoms with van der Waals surface area (Å²) < 4.78 is 1.37. The van der Waals surface area contributed by atoms with Crippen LogP contribution in [0.1, 0.15) is 53.5 Å². The van der Waals surface area contributed by atoms with Crippen LogP contribution in [-0.2, 0) is 23.2 Å². The minimum Gasteiger partial charge on any atom is -0.379 e. The number of aryl methyl sites for hydroxylation is 1. The zero-order chi connectivity index (χ0) is 30.8. The highest BCUT2D eigenvalue weighted by Crippen LogP contribution is 2.30. The molecule has 3 atom stereocenters. The van der Waals surface area contributed by atoms with Crippen LogP contribution in [0.2, 0.25) is 0 Å². The summed E-state index contributed by atoms with van der Waals surface area (Å²) in [6, 6.07) is 13.4. The van der Waals surface area contributed by atoms with Crippen LogP contribution in [0.5, 0.6) is 0 Å². The first-order chi connectivity index (χ1) is 21.2. The number of carbonyl (C=O) groups excluding carboxylic acids is 2. The van der Waals surface area contributed by atoms with Gasteiger partial charge in [-0.2, -0.15) is 5.10 Å². The van der Waals surface area contributed by atoms with Gasteiger partial charge in [0.15, 0.2) is 0 Å². The minimum atomic E-state index is -0.367. The lowest BCUT2D eigenvalue weighted by Crippen LogP contribution is -2.46. The number of anilines is 2. The number of carbonyl (C=O) groups is 2. The van der Waals surface area contributed by atoms with Crippen LogP contribution in [-0.4, -0.2) is 88.7 Å². The van der Waals surface area contributed by atoms with Gasteiger partial charge in [-0.25, -0.2) is 4.68 Å². The van der Waals surface area contributed by atoms with Crippen LogP contribution in [0.3, 0.4) is 0 Å². The molecule has 0 spiro atoms. The first-order valence-corrected chi connectivity index (χ1v) is 15.6. The molecule has 3 aliphatic heterocycles. The SMILES string of the molecule is Cc1c(N[C@H]2C[C@@H](c3ccc(CN4CCN(c5ccnc(C6CCC(=O)NC6=O)c5)CC4)cc3)CN(C)C2)cnn(C)c1=O. The number of rotatable bonds is 7. The van der Waals surface area contributed by atoms with Crippen molar-refractivity contribution in [1.29, 1.82) is 0 Å². The molecule has 232 valence electrons. The van der Waals surface area contributed by atoms with Crippen molar-refractivity contribution in [2.45, 2.75) is 50.6 Å². The van der Waals surface area contributed by atoms with Crippen molar-refractivity contribution in [2.75, 3.05) is 56.5 Å². The lowest BCUT2D eigenvalue weighted by Gasteiger charge is -2.37. The number of nitrogens with zero attached hydrogens (tertiary/aromatic N) is 6.